The number of hydrogen-bond donors (Lipinski definition) is 3. The minimum absolute atomic E-state index is 0.106. The van der Waals surface area contributed by atoms with Crippen molar-refractivity contribution in [2.75, 3.05) is 39.6 Å². The lowest BCUT2D eigenvalue weighted by molar-refractivity contribution is -0.161. The van der Waals surface area contributed by atoms with Crippen molar-refractivity contribution in [3.8, 4) is 0 Å². The molecule has 0 heterocycles. The standard InChI is InChI=1S/C66H128O17P2/c1-7-9-11-13-15-17-20-24-32-38-44-50-65(70)82-61(54-76-63(68)48-42-36-30-16-14-12-10-8-2)56-80-84(72,73)78-52-60(67)53-79-85(74,75)81-57-62(55-77-64(69)49-43-37-31-27-26-29-35-41-47-59(5)6)83-66(71)51-45-39-33-25-22-19-18-21-23-28-34-40-46-58(3)4/h58-62,67H,7-57H2,1-6H3,(H,72,73)(H,74,75)/t60-,61+,62+/m0/s1. The van der Waals surface area contributed by atoms with E-state index < -0.39 is 97.5 Å². The predicted octanol–water partition coefficient (Wildman–Crippen LogP) is 18.4. The number of aliphatic hydroxyl groups is 1. The maximum Gasteiger partial charge on any atom is 0.472 e. The molecule has 0 rings (SSSR count). The van der Waals surface area contributed by atoms with Crippen molar-refractivity contribution in [3.63, 3.8) is 0 Å². The minimum Gasteiger partial charge on any atom is -0.462 e. The Morgan fingerprint density at radius 3 is 0.800 bits per heavy atom. The molecule has 0 aromatic rings. The summed E-state index contributed by atoms with van der Waals surface area (Å²) < 4.78 is 68.0. The van der Waals surface area contributed by atoms with Crippen molar-refractivity contribution < 1.29 is 80.2 Å². The molecule has 0 aliphatic carbocycles. The molecular formula is C66H128O17P2. The fourth-order valence-corrected chi connectivity index (χ4v) is 11.5. The molecule has 0 fully saturated rings. The highest BCUT2D eigenvalue weighted by molar-refractivity contribution is 7.47. The van der Waals surface area contributed by atoms with Crippen molar-refractivity contribution in [2.45, 2.75) is 349 Å². The molecule has 0 aliphatic heterocycles. The Morgan fingerprint density at radius 2 is 0.541 bits per heavy atom. The Hall–Kier alpha value is -1.94. The van der Waals surface area contributed by atoms with Gasteiger partial charge in [-0.25, -0.2) is 9.13 Å². The number of hydrogen-bond acceptors (Lipinski definition) is 15. The molecule has 0 saturated carbocycles. The lowest BCUT2D eigenvalue weighted by Gasteiger charge is -2.21. The van der Waals surface area contributed by atoms with Crippen molar-refractivity contribution in [2.24, 2.45) is 11.8 Å². The molecule has 0 saturated heterocycles. The van der Waals surface area contributed by atoms with Gasteiger partial charge in [0.2, 0.25) is 0 Å². The molecule has 0 radical (unpaired) electrons. The third kappa shape index (κ3) is 60.7. The first-order valence-corrected chi connectivity index (χ1v) is 37.5. The Bertz CT molecular complexity index is 1670. The van der Waals surface area contributed by atoms with Crippen molar-refractivity contribution in [3.05, 3.63) is 0 Å². The Morgan fingerprint density at radius 1 is 0.318 bits per heavy atom. The van der Waals surface area contributed by atoms with E-state index in [9.17, 15) is 43.2 Å². The largest absolute Gasteiger partial charge is 0.472 e. The third-order valence-electron chi connectivity index (χ3n) is 15.2. The SMILES string of the molecule is CCCCCCCCCCCCCC(=O)O[C@H](COC(=O)CCCCCCCCCC)COP(=O)(O)OC[C@H](O)COP(=O)(O)OC[C@@H](COC(=O)CCCCCCCCCCC(C)C)OC(=O)CCCCCCCCCCCCCCC(C)C. The van der Waals surface area contributed by atoms with Gasteiger partial charge in [0, 0.05) is 25.7 Å². The lowest BCUT2D eigenvalue weighted by Crippen LogP contribution is -2.30. The zero-order valence-electron chi connectivity index (χ0n) is 54.9. The summed E-state index contributed by atoms with van der Waals surface area (Å²) in [4.78, 5) is 72.2. The van der Waals surface area contributed by atoms with E-state index in [1.165, 1.54) is 141 Å². The zero-order chi connectivity index (χ0) is 62.9. The zero-order valence-corrected chi connectivity index (χ0v) is 56.7. The fourth-order valence-electron chi connectivity index (χ4n) is 9.88. The van der Waals surface area contributed by atoms with E-state index >= 15 is 0 Å². The summed E-state index contributed by atoms with van der Waals surface area (Å²) in [6, 6.07) is 0. The van der Waals surface area contributed by atoms with Gasteiger partial charge in [-0.15, -0.1) is 0 Å². The van der Waals surface area contributed by atoms with E-state index in [1.807, 2.05) is 0 Å². The van der Waals surface area contributed by atoms with E-state index in [2.05, 4.69) is 41.5 Å². The molecule has 0 spiro atoms. The van der Waals surface area contributed by atoms with Crippen LogP contribution >= 0.6 is 15.6 Å². The fraction of sp³-hybridized carbons (Fsp3) is 0.939. The van der Waals surface area contributed by atoms with Crippen molar-refractivity contribution in [1.29, 1.82) is 0 Å². The summed E-state index contributed by atoms with van der Waals surface area (Å²) >= 11 is 0. The van der Waals surface area contributed by atoms with Crippen LogP contribution in [0.25, 0.3) is 0 Å². The second-order valence-electron chi connectivity index (χ2n) is 24.8. The summed E-state index contributed by atoms with van der Waals surface area (Å²) in [6.45, 7) is 9.46. The number of aliphatic hydroxyl groups excluding tert-OH is 1. The molecule has 0 amide bonds. The number of phosphoric acid groups is 2. The monoisotopic (exact) mass is 1250 g/mol. The highest BCUT2D eigenvalue weighted by atomic mass is 31.2. The minimum atomic E-state index is -4.95. The van der Waals surface area contributed by atoms with Gasteiger partial charge in [0.15, 0.2) is 12.2 Å². The highest BCUT2D eigenvalue weighted by Gasteiger charge is 2.30. The van der Waals surface area contributed by atoms with Gasteiger partial charge in [-0.2, -0.15) is 0 Å². The van der Waals surface area contributed by atoms with Crippen LogP contribution in [0.2, 0.25) is 0 Å². The van der Waals surface area contributed by atoms with Gasteiger partial charge in [-0.3, -0.25) is 37.3 Å². The summed E-state index contributed by atoms with van der Waals surface area (Å²) in [6.07, 6.45) is 41.7. The van der Waals surface area contributed by atoms with Crippen LogP contribution in [0.15, 0.2) is 0 Å². The third-order valence-corrected chi connectivity index (χ3v) is 17.1. The van der Waals surface area contributed by atoms with Gasteiger partial charge >= 0.3 is 39.5 Å². The van der Waals surface area contributed by atoms with E-state index in [1.54, 1.807) is 0 Å². The molecular weight excluding hydrogens is 1130 g/mol. The summed E-state index contributed by atoms with van der Waals surface area (Å²) in [5, 5.41) is 10.5. The van der Waals surface area contributed by atoms with Crippen LogP contribution in [0.1, 0.15) is 330 Å². The number of esters is 4. The second-order valence-corrected chi connectivity index (χ2v) is 27.7. The molecule has 0 aromatic carbocycles. The average molecular weight is 1260 g/mol. The van der Waals surface area contributed by atoms with Gasteiger partial charge < -0.3 is 33.8 Å². The summed E-state index contributed by atoms with van der Waals surface area (Å²) in [7, 11) is -9.89. The molecule has 5 atom stereocenters. The van der Waals surface area contributed by atoms with Crippen molar-refractivity contribution in [1.82, 2.24) is 0 Å². The second kappa shape index (κ2) is 58.4. The molecule has 19 heteroatoms. The van der Waals surface area contributed by atoms with Gasteiger partial charge in [0.1, 0.15) is 19.3 Å². The topological polar surface area (TPSA) is 237 Å². The first-order chi connectivity index (χ1) is 40.9. The Labute approximate surface area is 517 Å². The smallest absolute Gasteiger partial charge is 0.462 e. The molecule has 0 aromatic heterocycles. The summed E-state index contributed by atoms with van der Waals surface area (Å²) in [5.74, 6) is -0.629. The lowest BCUT2D eigenvalue weighted by atomic mass is 10.0. The predicted molar refractivity (Wildman–Crippen MR) is 340 cm³/mol. The maximum absolute atomic E-state index is 13.0. The first-order valence-electron chi connectivity index (χ1n) is 34.5. The average Bonchev–Trinajstić information content (AvgIpc) is 3.52. The number of carbonyl (C=O) groups excluding carboxylic acids is 4. The van der Waals surface area contributed by atoms with Crippen LogP contribution in [-0.4, -0.2) is 96.7 Å². The molecule has 2 unspecified atom stereocenters. The number of ether oxygens (including phenoxy) is 4. The van der Waals surface area contributed by atoms with Crippen LogP contribution in [0.3, 0.4) is 0 Å². The summed E-state index contributed by atoms with van der Waals surface area (Å²) in [5.41, 5.74) is 0. The van der Waals surface area contributed by atoms with E-state index in [0.29, 0.717) is 25.7 Å². The first kappa shape index (κ1) is 83.1. The molecule has 504 valence electrons. The van der Waals surface area contributed by atoms with Crippen LogP contribution in [0.4, 0.5) is 0 Å². The number of rotatable bonds is 65. The molecule has 17 nitrogen and oxygen atoms in total. The van der Waals surface area contributed by atoms with Crippen molar-refractivity contribution >= 4 is 39.5 Å². The van der Waals surface area contributed by atoms with Gasteiger partial charge in [0.25, 0.3) is 0 Å². The number of carbonyl (C=O) groups is 4. The van der Waals surface area contributed by atoms with Gasteiger partial charge in [0.05, 0.1) is 26.4 Å². The van der Waals surface area contributed by atoms with Crippen LogP contribution in [-0.2, 0) is 65.4 Å². The molecule has 0 aliphatic rings. The molecule has 0 bridgehead atoms. The van der Waals surface area contributed by atoms with Crippen LogP contribution < -0.4 is 0 Å². The van der Waals surface area contributed by atoms with Gasteiger partial charge in [-0.05, 0) is 37.5 Å². The van der Waals surface area contributed by atoms with Crippen LogP contribution in [0, 0.1) is 11.8 Å². The maximum atomic E-state index is 13.0. The van der Waals surface area contributed by atoms with Gasteiger partial charge in [-0.1, -0.05) is 279 Å². The molecule has 3 N–H and O–H groups in total. The number of unbranched alkanes of at least 4 members (excludes halogenated alkanes) is 35. The van der Waals surface area contributed by atoms with E-state index in [-0.39, 0.29) is 25.7 Å². The van der Waals surface area contributed by atoms with E-state index in [4.69, 9.17) is 37.0 Å². The Balaban J connectivity index is 5.22. The number of phosphoric ester groups is 2. The highest BCUT2D eigenvalue weighted by Crippen LogP contribution is 2.45. The van der Waals surface area contributed by atoms with E-state index in [0.717, 1.165) is 108 Å². The Kier molecular flexibility index (Phi) is 57.1. The molecule has 85 heavy (non-hydrogen) atoms. The quantitative estimate of drug-likeness (QED) is 0.0222. The van der Waals surface area contributed by atoms with Crippen LogP contribution in [0.5, 0.6) is 0 Å². The normalized spacial score (nSPS) is 14.2.